The predicted octanol–water partition coefficient (Wildman–Crippen LogP) is 2.01. The fraction of sp³-hybridized carbons (Fsp3) is 0.0714. The lowest BCUT2D eigenvalue weighted by molar-refractivity contribution is 0.474. The lowest BCUT2D eigenvalue weighted by atomic mass is 10.1. The summed E-state index contributed by atoms with van der Waals surface area (Å²) in [4.78, 5) is 3.98. The van der Waals surface area contributed by atoms with Crippen LogP contribution in [-0.4, -0.2) is 20.3 Å². The van der Waals surface area contributed by atoms with Crippen LogP contribution in [0.1, 0.15) is 11.5 Å². The monoisotopic (exact) mass is 268 g/mol. The smallest absolute Gasteiger partial charge is 0.251 e. The average molecular weight is 268 g/mol. The summed E-state index contributed by atoms with van der Waals surface area (Å²) in [7, 11) is 0. The number of benzene rings is 1. The number of hydrogen-bond acceptors (Lipinski definition) is 6. The number of aromatic hydroxyl groups is 1. The van der Waals surface area contributed by atoms with Gasteiger partial charge >= 0.3 is 0 Å². The molecule has 2 aromatic heterocycles. The highest BCUT2D eigenvalue weighted by atomic mass is 16.4. The minimum Gasteiger partial charge on any atom is -0.508 e. The molecule has 1 aromatic carbocycles. The lowest BCUT2D eigenvalue weighted by Crippen LogP contribution is -1.92. The Balaban J connectivity index is 1.84. The molecule has 6 heteroatoms. The van der Waals surface area contributed by atoms with Crippen molar-refractivity contribution >= 4 is 5.82 Å². The van der Waals surface area contributed by atoms with Crippen molar-refractivity contribution in [3.8, 4) is 17.2 Å². The highest BCUT2D eigenvalue weighted by Crippen LogP contribution is 2.23. The van der Waals surface area contributed by atoms with Gasteiger partial charge in [0.05, 0.1) is 12.0 Å². The molecule has 0 spiro atoms. The fourth-order valence-electron chi connectivity index (χ4n) is 1.82. The van der Waals surface area contributed by atoms with E-state index in [1.807, 2.05) is 0 Å². The van der Waals surface area contributed by atoms with Gasteiger partial charge in [0.15, 0.2) is 0 Å². The van der Waals surface area contributed by atoms with Crippen molar-refractivity contribution < 1.29 is 9.52 Å². The van der Waals surface area contributed by atoms with Gasteiger partial charge in [-0.3, -0.25) is 0 Å². The molecule has 3 aromatic rings. The van der Waals surface area contributed by atoms with Gasteiger partial charge in [0.2, 0.25) is 5.89 Å². The normalized spacial score (nSPS) is 10.6. The fourth-order valence-corrected chi connectivity index (χ4v) is 1.82. The minimum absolute atomic E-state index is 0.225. The van der Waals surface area contributed by atoms with Crippen LogP contribution < -0.4 is 5.73 Å². The van der Waals surface area contributed by atoms with Crippen molar-refractivity contribution in [3.05, 3.63) is 54.0 Å². The molecule has 0 unspecified atom stereocenters. The molecule has 3 N–H and O–H groups in total. The Bertz CT molecular complexity index is 722. The first-order valence-corrected chi connectivity index (χ1v) is 6.03. The summed E-state index contributed by atoms with van der Waals surface area (Å²) in [6, 6.07) is 10.4. The third kappa shape index (κ3) is 2.44. The highest BCUT2D eigenvalue weighted by Gasteiger charge is 2.12. The van der Waals surface area contributed by atoms with Crippen molar-refractivity contribution in [3.63, 3.8) is 0 Å². The molecule has 0 aliphatic rings. The van der Waals surface area contributed by atoms with Gasteiger partial charge in [0, 0.05) is 6.20 Å². The molecule has 0 aliphatic carbocycles. The highest BCUT2D eigenvalue weighted by molar-refractivity contribution is 5.66. The topological polar surface area (TPSA) is 98.1 Å². The summed E-state index contributed by atoms with van der Waals surface area (Å²) in [6.45, 7) is 0. The zero-order valence-corrected chi connectivity index (χ0v) is 10.5. The number of anilines is 1. The van der Waals surface area contributed by atoms with Gasteiger partial charge in [-0.15, -0.1) is 10.2 Å². The van der Waals surface area contributed by atoms with E-state index in [-0.39, 0.29) is 5.75 Å². The molecule has 0 aliphatic heterocycles. The average Bonchev–Trinajstić information content (AvgIpc) is 2.90. The molecule has 0 saturated carbocycles. The molecule has 3 rings (SSSR count). The van der Waals surface area contributed by atoms with Crippen molar-refractivity contribution in [2.75, 3.05) is 5.73 Å². The zero-order valence-electron chi connectivity index (χ0n) is 10.5. The molecular weight excluding hydrogens is 256 g/mol. The van der Waals surface area contributed by atoms with Gasteiger partial charge in [-0.2, -0.15) is 0 Å². The summed E-state index contributed by atoms with van der Waals surface area (Å²) < 4.78 is 5.58. The van der Waals surface area contributed by atoms with Crippen molar-refractivity contribution in [2.45, 2.75) is 6.42 Å². The van der Waals surface area contributed by atoms with E-state index >= 15 is 0 Å². The second kappa shape index (κ2) is 5.00. The number of aromatic nitrogens is 3. The summed E-state index contributed by atoms with van der Waals surface area (Å²) in [5.41, 5.74) is 7.36. The standard InChI is InChI=1S/C14H12N4O2/c15-13-11(2-1-7-16-13)14-18-17-12(20-14)8-9-3-5-10(19)6-4-9/h1-7,19H,8H2,(H2,15,16). The SMILES string of the molecule is Nc1ncccc1-c1nnc(Cc2ccc(O)cc2)o1. The molecular formula is C14H12N4O2. The van der Waals surface area contributed by atoms with E-state index < -0.39 is 0 Å². The van der Waals surface area contributed by atoms with Crippen LogP contribution in [0.15, 0.2) is 47.0 Å². The number of phenols is 1. The second-order valence-electron chi connectivity index (χ2n) is 4.28. The number of phenolic OH excluding ortho intramolecular Hbond substituents is 1. The molecule has 6 nitrogen and oxygen atoms in total. The molecule has 0 atom stereocenters. The van der Waals surface area contributed by atoms with Crippen LogP contribution in [0.5, 0.6) is 5.75 Å². The zero-order chi connectivity index (χ0) is 13.9. The third-order valence-corrected chi connectivity index (χ3v) is 2.83. The van der Waals surface area contributed by atoms with Crippen molar-refractivity contribution in [1.29, 1.82) is 0 Å². The number of nitrogens with zero attached hydrogens (tertiary/aromatic N) is 3. The molecule has 0 bridgehead atoms. The van der Waals surface area contributed by atoms with E-state index in [0.29, 0.717) is 29.6 Å². The van der Waals surface area contributed by atoms with Crippen LogP contribution >= 0.6 is 0 Å². The quantitative estimate of drug-likeness (QED) is 0.754. The van der Waals surface area contributed by atoms with Crippen LogP contribution in [-0.2, 0) is 6.42 Å². The minimum atomic E-state index is 0.225. The van der Waals surface area contributed by atoms with Crippen LogP contribution in [0.3, 0.4) is 0 Å². The number of nitrogens with two attached hydrogens (primary N) is 1. The number of nitrogen functional groups attached to an aromatic ring is 1. The molecule has 0 radical (unpaired) electrons. The van der Waals surface area contributed by atoms with Crippen LogP contribution in [0.4, 0.5) is 5.82 Å². The van der Waals surface area contributed by atoms with E-state index in [4.69, 9.17) is 10.2 Å². The van der Waals surface area contributed by atoms with Gasteiger partial charge in [-0.1, -0.05) is 12.1 Å². The summed E-state index contributed by atoms with van der Waals surface area (Å²) in [5, 5.41) is 17.2. The summed E-state index contributed by atoms with van der Waals surface area (Å²) in [5.74, 6) is 1.41. The maximum absolute atomic E-state index is 9.23. The first-order valence-electron chi connectivity index (χ1n) is 6.03. The molecule has 0 saturated heterocycles. The number of rotatable bonds is 3. The molecule has 0 fully saturated rings. The van der Waals surface area contributed by atoms with E-state index in [2.05, 4.69) is 15.2 Å². The third-order valence-electron chi connectivity index (χ3n) is 2.83. The second-order valence-corrected chi connectivity index (χ2v) is 4.28. The van der Waals surface area contributed by atoms with Gasteiger partial charge < -0.3 is 15.3 Å². The molecule has 100 valence electrons. The van der Waals surface area contributed by atoms with Crippen LogP contribution in [0.2, 0.25) is 0 Å². The lowest BCUT2D eigenvalue weighted by Gasteiger charge is -1.98. The van der Waals surface area contributed by atoms with E-state index in [1.165, 1.54) is 0 Å². The van der Waals surface area contributed by atoms with Gasteiger partial charge in [-0.25, -0.2) is 4.98 Å². The van der Waals surface area contributed by atoms with Gasteiger partial charge in [-0.05, 0) is 29.8 Å². The van der Waals surface area contributed by atoms with Crippen molar-refractivity contribution in [2.24, 2.45) is 0 Å². The molecule has 0 amide bonds. The number of hydrogen-bond donors (Lipinski definition) is 2. The maximum atomic E-state index is 9.23. The largest absolute Gasteiger partial charge is 0.508 e. The van der Waals surface area contributed by atoms with Crippen molar-refractivity contribution in [1.82, 2.24) is 15.2 Å². The Morgan fingerprint density at radius 1 is 1.10 bits per heavy atom. The van der Waals surface area contributed by atoms with E-state index in [1.54, 1.807) is 42.6 Å². The Kier molecular flexibility index (Phi) is 3.04. The van der Waals surface area contributed by atoms with E-state index in [0.717, 1.165) is 5.56 Å². The summed E-state index contributed by atoms with van der Waals surface area (Å²) in [6.07, 6.45) is 2.10. The first-order chi connectivity index (χ1) is 9.72. The van der Waals surface area contributed by atoms with Gasteiger partial charge in [0.1, 0.15) is 11.6 Å². The Labute approximate surface area is 114 Å². The van der Waals surface area contributed by atoms with Crippen LogP contribution in [0.25, 0.3) is 11.5 Å². The molecule has 2 heterocycles. The maximum Gasteiger partial charge on any atom is 0.251 e. The Morgan fingerprint density at radius 3 is 2.65 bits per heavy atom. The number of pyridine rings is 1. The van der Waals surface area contributed by atoms with Gasteiger partial charge in [0.25, 0.3) is 5.89 Å². The summed E-state index contributed by atoms with van der Waals surface area (Å²) >= 11 is 0. The predicted molar refractivity (Wildman–Crippen MR) is 72.9 cm³/mol. The van der Waals surface area contributed by atoms with Crippen LogP contribution in [0, 0.1) is 0 Å². The Hall–Kier alpha value is -2.89. The van der Waals surface area contributed by atoms with E-state index in [9.17, 15) is 5.11 Å². The molecule has 20 heavy (non-hydrogen) atoms. The first kappa shape index (κ1) is 12.2. The Morgan fingerprint density at radius 2 is 1.90 bits per heavy atom.